The van der Waals surface area contributed by atoms with Crippen molar-refractivity contribution in [2.75, 3.05) is 11.9 Å². The molecular weight excluding hydrogens is 357 g/mol. The van der Waals surface area contributed by atoms with E-state index in [-0.39, 0.29) is 12.3 Å². The lowest BCUT2D eigenvalue weighted by molar-refractivity contribution is -0.274. The summed E-state index contributed by atoms with van der Waals surface area (Å²) in [4.78, 5) is 4.29. The van der Waals surface area contributed by atoms with Crippen molar-refractivity contribution in [3.63, 3.8) is 0 Å². The summed E-state index contributed by atoms with van der Waals surface area (Å²) in [5.74, 6) is -0.302. The zero-order valence-electron chi connectivity index (χ0n) is 14.9. The van der Waals surface area contributed by atoms with E-state index in [2.05, 4.69) is 21.1 Å². The lowest BCUT2D eigenvalue weighted by atomic mass is 9.94. The van der Waals surface area contributed by atoms with Gasteiger partial charge in [-0.1, -0.05) is 26.0 Å². The van der Waals surface area contributed by atoms with Gasteiger partial charge >= 0.3 is 6.36 Å². The number of rotatable bonds is 3. The number of nitrogens with zero attached hydrogens (tertiary/aromatic N) is 2. The predicted octanol–water partition coefficient (Wildman–Crippen LogP) is 4.74. The number of alkyl halides is 3. The summed E-state index contributed by atoms with van der Waals surface area (Å²) in [7, 11) is 0. The van der Waals surface area contributed by atoms with Gasteiger partial charge in [-0.25, -0.2) is 0 Å². The molecule has 3 rings (SSSR count). The molecule has 1 aliphatic heterocycles. The second kappa shape index (κ2) is 8.56. The van der Waals surface area contributed by atoms with E-state index in [9.17, 15) is 18.4 Å². The number of fused-ring (bicyclic) bond motifs is 1. The van der Waals surface area contributed by atoms with Crippen molar-refractivity contribution in [1.82, 2.24) is 0 Å². The zero-order valence-corrected chi connectivity index (χ0v) is 14.9. The van der Waals surface area contributed by atoms with Gasteiger partial charge in [-0.3, -0.25) is 4.99 Å². The summed E-state index contributed by atoms with van der Waals surface area (Å²) in [5.41, 5.74) is 9.26. The first-order chi connectivity index (χ1) is 12.9. The topological polar surface area (TPSA) is 83.4 Å². The fourth-order valence-corrected chi connectivity index (χ4v) is 2.67. The van der Waals surface area contributed by atoms with Gasteiger partial charge in [-0.05, 0) is 29.3 Å². The van der Waals surface area contributed by atoms with Gasteiger partial charge in [0.1, 0.15) is 17.5 Å². The second-order valence-corrected chi connectivity index (χ2v) is 5.26. The van der Waals surface area contributed by atoms with Crippen LogP contribution in [0.15, 0.2) is 35.3 Å². The molecule has 8 heteroatoms. The predicted molar refractivity (Wildman–Crippen MR) is 99.2 cm³/mol. The number of anilines is 1. The third-order valence-electron chi connectivity index (χ3n) is 3.70. The Bertz CT molecular complexity index is 868. The smallest absolute Gasteiger partial charge is 0.406 e. The highest BCUT2D eigenvalue weighted by atomic mass is 19.4. The minimum atomic E-state index is -4.74. The molecule has 3 N–H and O–H groups in total. The Kier molecular flexibility index (Phi) is 6.42. The van der Waals surface area contributed by atoms with Crippen LogP contribution in [0.25, 0.3) is 11.1 Å². The maximum Gasteiger partial charge on any atom is 0.573 e. The Labute approximate surface area is 155 Å². The van der Waals surface area contributed by atoms with Gasteiger partial charge in [0.2, 0.25) is 0 Å². The zero-order chi connectivity index (χ0) is 20.0. The van der Waals surface area contributed by atoms with Crippen molar-refractivity contribution >= 4 is 17.6 Å². The van der Waals surface area contributed by atoms with Crippen molar-refractivity contribution in [3.8, 4) is 22.9 Å². The fraction of sp³-hybridized carbons (Fsp3) is 0.263. The maximum absolute atomic E-state index is 12.3. The van der Waals surface area contributed by atoms with Crippen LogP contribution < -0.4 is 15.8 Å². The molecule has 1 heterocycles. The molecule has 27 heavy (non-hydrogen) atoms. The Morgan fingerprint density at radius 2 is 1.93 bits per heavy atom. The SMILES string of the molecule is CC.N#Cc1c(CN)cc(-c2ccc(OC(F)(F)F)cc2)c2c1N=CCN2. The molecule has 0 fully saturated rings. The van der Waals surface area contributed by atoms with E-state index >= 15 is 0 Å². The lowest BCUT2D eigenvalue weighted by Gasteiger charge is -2.20. The molecule has 2 aromatic rings. The summed E-state index contributed by atoms with van der Waals surface area (Å²) < 4.78 is 40.7. The average molecular weight is 376 g/mol. The molecule has 0 radical (unpaired) electrons. The van der Waals surface area contributed by atoms with Crippen molar-refractivity contribution in [1.29, 1.82) is 5.26 Å². The van der Waals surface area contributed by atoms with Gasteiger partial charge in [0.05, 0.1) is 17.8 Å². The van der Waals surface area contributed by atoms with Gasteiger partial charge in [-0.15, -0.1) is 13.2 Å². The summed E-state index contributed by atoms with van der Waals surface area (Å²) in [6.45, 7) is 4.63. The summed E-state index contributed by atoms with van der Waals surface area (Å²) in [5, 5.41) is 12.5. The maximum atomic E-state index is 12.3. The second-order valence-electron chi connectivity index (χ2n) is 5.26. The summed E-state index contributed by atoms with van der Waals surface area (Å²) in [6, 6.07) is 9.37. The molecule has 0 amide bonds. The molecule has 1 aliphatic rings. The van der Waals surface area contributed by atoms with Crippen LogP contribution in [0.1, 0.15) is 25.0 Å². The molecule has 0 spiro atoms. The summed E-state index contributed by atoms with van der Waals surface area (Å²) in [6.07, 6.45) is -3.09. The highest BCUT2D eigenvalue weighted by Crippen LogP contribution is 2.42. The van der Waals surface area contributed by atoms with E-state index in [0.717, 1.165) is 0 Å². The van der Waals surface area contributed by atoms with Crippen LogP contribution in [0.5, 0.6) is 5.75 Å². The molecule has 0 aromatic heterocycles. The van der Waals surface area contributed by atoms with Crippen molar-refractivity contribution < 1.29 is 17.9 Å². The van der Waals surface area contributed by atoms with Crippen LogP contribution >= 0.6 is 0 Å². The van der Waals surface area contributed by atoms with E-state index in [1.807, 2.05) is 13.8 Å². The molecule has 2 aromatic carbocycles. The quantitative estimate of drug-likeness (QED) is 0.811. The van der Waals surface area contributed by atoms with E-state index in [1.165, 1.54) is 24.3 Å². The number of aliphatic imine (C=N–C) groups is 1. The normalized spacial score (nSPS) is 12.2. The van der Waals surface area contributed by atoms with Gasteiger partial charge in [0.25, 0.3) is 0 Å². The van der Waals surface area contributed by atoms with Crippen LogP contribution in [-0.4, -0.2) is 19.1 Å². The Morgan fingerprint density at radius 1 is 1.26 bits per heavy atom. The van der Waals surface area contributed by atoms with Gasteiger partial charge < -0.3 is 15.8 Å². The van der Waals surface area contributed by atoms with Crippen LogP contribution in [0, 0.1) is 11.3 Å². The van der Waals surface area contributed by atoms with E-state index in [0.29, 0.717) is 40.2 Å². The largest absolute Gasteiger partial charge is 0.573 e. The number of benzene rings is 2. The molecular formula is C19H19F3N4O. The highest BCUT2D eigenvalue weighted by Gasteiger charge is 2.31. The number of hydrogen-bond donors (Lipinski definition) is 2. The first-order valence-electron chi connectivity index (χ1n) is 8.35. The van der Waals surface area contributed by atoms with Crippen molar-refractivity contribution in [2.45, 2.75) is 26.8 Å². The molecule has 0 bridgehead atoms. The first-order valence-corrected chi connectivity index (χ1v) is 8.35. The fourth-order valence-electron chi connectivity index (χ4n) is 2.67. The summed E-state index contributed by atoms with van der Waals surface area (Å²) >= 11 is 0. The molecule has 0 aliphatic carbocycles. The standard InChI is InChI=1S/C17H13F3N4O.C2H6/c18-17(19,20)25-12-3-1-10(2-4-12)13-7-11(8-21)14(9-22)16-15(13)23-5-6-24-16;1-2/h1-4,6-7,23H,5,8,21H2;1-2H3. The number of hydrogen-bond acceptors (Lipinski definition) is 5. The van der Waals surface area contributed by atoms with Crippen LogP contribution in [0.3, 0.4) is 0 Å². The van der Waals surface area contributed by atoms with Gasteiger partial charge in [0.15, 0.2) is 0 Å². The number of nitriles is 1. The Balaban J connectivity index is 0.00000126. The molecule has 0 saturated carbocycles. The molecule has 0 saturated heterocycles. The van der Waals surface area contributed by atoms with E-state index in [4.69, 9.17) is 5.73 Å². The third kappa shape index (κ3) is 4.57. The minimum Gasteiger partial charge on any atom is -0.406 e. The van der Waals surface area contributed by atoms with Gasteiger partial charge in [0, 0.05) is 18.3 Å². The van der Waals surface area contributed by atoms with E-state index < -0.39 is 6.36 Å². The number of halogens is 3. The van der Waals surface area contributed by atoms with Crippen molar-refractivity contribution in [2.24, 2.45) is 10.7 Å². The number of ether oxygens (including phenoxy) is 1. The lowest BCUT2D eigenvalue weighted by Crippen LogP contribution is -2.17. The van der Waals surface area contributed by atoms with Gasteiger partial charge in [-0.2, -0.15) is 5.26 Å². The molecule has 142 valence electrons. The monoisotopic (exact) mass is 376 g/mol. The molecule has 5 nitrogen and oxygen atoms in total. The Hall–Kier alpha value is -3.05. The Morgan fingerprint density at radius 3 is 2.48 bits per heavy atom. The molecule has 0 unspecified atom stereocenters. The number of nitrogens with two attached hydrogens (primary N) is 1. The van der Waals surface area contributed by atoms with E-state index in [1.54, 1.807) is 12.3 Å². The molecule has 0 atom stereocenters. The minimum absolute atomic E-state index is 0.147. The first kappa shape index (κ1) is 20.3. The van der Waals surface area contributed by atoms with Crippen LogP contribution in [0.4, 0.5) is 24.5 Å². The third-order valence-corrected chi connectivity index (χ3v) is 3.70. The highest BCUT2D eigenvalue weighted by molar-refractivity contribution is 5.94. The van der Waals surface area contributed by atoms with Crippen LogP contribution in [0.2, 0.25) is 0 Å². The average Bonchev–Trinajstić information content (AvgIpc) is 2.67. The van der Waals surface area contributed by atoms with Crippen LogP contribution in [-0.2, 0) is 6.54 Å². The van der Waals surface area contributed by atoms with Crippen molar-refractivity contribution in [3.05, 3.63) is 41.5 Å². The number of nitrogens with one attached hydrogen (secondary N) is 1.